The summed E-state index contributed by atoms with van der Waals surface area (Å²) in [4.78, 5) is 0.161. The fourth-order valence-corrected chi connectivity index (χ4v) is 3.68. The Morgan fingerprint density at radius 1 is 0.741 bits per heavy atom. The fourth-order valence-electron chi connectivity index (χ4n) is 2.26. The summed E-state index contributed by atoms with van der Waals surface area (Å²) >= 11 is 11.1. The number of anilines is 3. The van der Waals surface area contributed by atoms with Crippen LogP contribution in [0, 0.1) is 0 Å². The topological polar surface area (TPSA) is 70.2 Å². The normalized spacial score (nSPS) is 10.9. The first-order chi connectivity index (χ1) is 12.9. The van der Waals surface area contributed by atoms with Crippen molar-refractivity contribution >= 4 is 56.0 Å². The van der Waals surface area contributed by atoms with Gasteiger partial charge in [-0.05, 0) is 72.9 Å². The highest BCUT2D eigenvalue weighted by Crippen LogP contribution is 2.19. The van der Waals surface area contributed by atoms with Crippen molar-refractivity contribution in [2.45, 2.75) is 4.90 Å². The molecule has 3 rings (SSSR count). The zero-order chi connectivity index (χ0) is 19.3. The third kappa shape index (κ3) is 5.43. The summed E-state index contributed by atoms with van der Waals surface area (Å²) in [6.45, 7) is 0. The molecule has 0 atom stereocenters. The maximum Gasteiger partial charge on any atom is 0.261 e. The minimum Gasteiger partial charge on any atom is -0.332 e. The number of halogens is 1. The van der Waals surface area contributed by atoms with E-state index in [4.69, 9.17) is 23.8 Å². The highest BCUT2D eigenvalue weighted by molar-refractivity contribution is 7.92. The molecule has 5 nitrogen and oxygen atoms in total. The van der Waals surface area contributed by atoms with E-state index >= 15 is 0 Å². The molecule has 0 unspecified atom stereocenters. The van der Waals surface area contributed by atoms with Crippen molar-refractivity contribution < 1.29 is 8.42 Å². The van der Waals surface area contributed by atoms with Gasteiger partial charge in [0, 0.05) is 22.1 Å². The van der Waals surface area contributed by atoms with Crippen molar-refractivity contribution in [3.63, 3.8) is 0 Å². The largest absolute Gasteiger partial charge is 0.332 e. The van der Waals surface area contributed by atoms with E-state index in [1.54, 1.807) is 60.7 Å². The molecule has 0 radical (unpaired) electrons. The van der Waals surface area contributed by atoms with Crippen LogP contribution in [0.15, 0.2) is 83.8 Å². The van der Waals surface area contributed by atoms with E-state index < -0.39 is 10.0 Å². The molecule has 138 valence electrons. The quantitative estimate of drug-likeness (QED) is 0.512. The number of hydrogen-bond acceptors (Lipinski definition) is 3. The molecular formula is C19H16ClN3O2S2. The van der Waals surface area contributed by atoms with Gasteiger partial charge in [0.1, 0.15) is 0 Å². The molecule has 0 fully saturated rings. The van der Waals surface area contributed by atoms with Gasteiger partial charge in [-0.2, -0.15) is 0 Å². The van der Waals surface area contributed by atoms with Gasteiger partial charge in [0.15, 0.2) is 5.11 Å². The average Bonchev–Trinajstić information content (AvgIpc) is 2.64. The SMILES string of the molecule is O=S(=O)(Nc1ccccc1)c1ccc(NC(=S)Nc2ccc(Cl)cc2)cc1. The maximum absolute atomic E-state index is 12.4. The average molecular weight is 418 g/mol. The molecular weight excluding hydrogens is 402 g/mol. The third-order valence-corrected chi connectivity index (χ3v) is 5.40. The molecule has 0 bridgehead atoms. The monoisotopic (exact) mass is 417 g/mol. The second kappa shape index (κ2) is 8.39. The van der Waals surface area contributed by atoms with Gasteiger partial charge in [0.2, 0.25) is 0 Å². The van der Waals surface area contributed by atoms with Crippen LogP contribution in [0.5, 0.6) is 0 Å². The highest BCUT2D eigenvalue weighted by Gasteiger charge is 2.14. The molecule has 8 heteroatoms. The zero-order valence-electron chi connectivity index (χ0n) is 14.0. The van der Waals surface area contributed by atoms with Gasteiger partial charge < -0.3 is 10.6 Å². The lowest BCUT2D eigenvalue weighted by atomic mass is 10.3. The number of para-hydroxylation sites is 1. The Hall–Kier alpha value is -2.61. The minimum absolute atomic E-state index is 0.161. The summed E-state index contributed by atoms with van der Waals surface area (Å²) in [6, 6.07) is 22.2. The molecule has 0 saturated carbocycles. The van der Waals surface area contributed by atoms with Crippen LogP contribution in [0.4, 0.5) is 17.1 Å². The number of thiocarbonyl (C=S) groups is 1. The molecule has 0 aliphatic carbocycles. The molecule has 0 aromatic heterocycles. The predicted molar refractivity (Wildman–Crippen MR) is 115 cm³/mol. The predicted octanol–water partition coefficient (Wildman–Crippen LogP) is 4.95. The van der Waals surface area contributed by atoms with E-state index in [9.17, 15) is 8.42 Å². The number of nitrogens with one attached hydrogen (secondary N) is 3. The summed E-state index contributed by atoms with van der Waals surface area (Å²) in [5.74, 6) is 0. The van der Waals surface area contributed by atoms with Crippen molar-refractivity contribution in [2.24, 2.45) is 0 Å². The van der Waals surface area contributed by atoms with E-state index in [0.29, 0.717) is 21.5 Å². The smallest absolute Gasteiger partial charge is 0.261 e. The van der Waals surface area contributed by atoms with Gasteiger partial charge in [-0.1, -0.05) is 29.8 Å². The molecule has 0 saturated heterocycles. The fraction of sp³-hybridized carbons (Fsp3) is 0. The van der Waals surface area contributed by atoms with Crippen LogP contribution in [0.2, 0.25) is 5.02 Å². The van der Waals surface area contributed by atoms with Gasteiger partial charge in [-0.3, -0.25) is 4.72 Å². The van der Waals surface area contributed by atoms with Crippen molar-refractivity contribution in [2.75, 3.05) is 15.4 Å². The Bertz CT molecular complexity index is 1020. The lowest BCUT2D eigenvalue weighted by Gasteiger charge is -2.12. The van der Waals surface area contributed by atoms with Crippen LogP contribution in [-0.4, -0.2) is 13.5 Å². The molecule has 0 amide bonds. The standard InChI is InChI=1S/C19H16ClN3O2S2/c20-14-6-8-15(9-7-14)21-19(26)22-16-10-12-18(13-11-16)27(24,25)23-17-4-2-1-3-5-17/h1-13,23H,(H2,21,22,26). The minimum atomic E-state index is -3.65. The van der Waals surface area contributed by atoms with E-state index in [-0.39, 0.29) is 4.90 Å². The van der Waals surface area contributed by atoms with Crippen molar-refractivity contribution in [3.05, 3.63) is 83.9 Å². The second-order valence-corrected chi connectivity index (χ2v) is 8.11. The first-order valence-corrected chi connectivity index (χ1v) is 10.2. The molecule has 0 aliphatic rings. The molecule has 3 N–H and O–H groups in total. The first kappa shape index (κ1) is 19.2. The summed E-state index contributed by atoms with van der Waals surface area (Å²) in [5, 5.41) is 7.06. The van der Waals surface area contributed by atoms with Gasteiger partial charge >= 0.3 is 0 Å². The van der Waals surface area contributed by atoms with E-state index in [0.717, 1.165) is 5.69 Å². The highest BCUT2D eigenvalue weighted by atomic mass is 35.5. The Balaban J connectivity index is 1.64. The van der Waals surface area contributed by atoms with Crippen molar-refractivity contribution in [1.29, 1.82) is 0 Å². The number of sulfonamides is 1. The summed E-state index contributed by atoms with van der Waals surface area (Å²) < 4.78 is 27.4. The molecule has 0 heterocycles. The van der Waals surface area contributed by atoms with Crippen molar-refractivity contribution in [3.8, 4) is 0 Å². The van der Waals surface area contributed by atoms with E-state index in [1.807, 2.05) is 6.07 Å². The molecule has 0 spiro atoms. The molecule has 0 aliphatic heterocycles. The Morgan fingerprint density at radius 2 is 1.26 bits per heavy atom. The molecule has 27 heavy (non-hydrogen) atoms. The van der Waals surface area contributed by atoms with Crippen LogP contribution in [0.1, 0.15) is 0 Å². The van der Waals surface area contributed by atoms with Crippen LogP contribution in [-0.2, 0) is 10.0 Å². The van der Waals surface area contributed by atoms with Crippen molar-refractivity contribution in [1.82, 2.24) is 0 Å². The van der Waals surface area contributed by atoms with Crippen LogP contribution < -0.4 is 15.4 Å². The van der Waals surface area contributed by atoms with Crippen LogP contribution >= 0.6 is 23.8 Å². The molecule has 3 aromatic carbocycles. The van der Waals surface area contributed by atoms with E-state index in [2.05, 4.69) is 15.4 Å². The Kier molecular flexibility index (Phi) is 5.95. The third-order valence-electron chi connectivity index (χ3n) is 3.55. The number of hydrogen-bond donors (Lipinski definition) is 3. The van der Waals surface area contributed by atoms with E-state index in [1.165, 1.54) is 12.1 Å². The molecule has 3 aromatic rings. The summed E-state index contributed by atoms with van der Waals surface area (Å²) in [5.41, 5.74) is 1.97. The van der Waals surface area contributed by atoms with Crippen LogP contribution in [0.3, 0.4) is 0 Å². The van der Waals surface area contributed by atoms with Gasteiger partial charge in [-0.15, -0.1) is 0 Å². The zero-order valence-corrected chi connectivity index (χ0v) is 16.4. The summed E-state index contributed by atoms with van der Waals surface area (Å²) in [6.07, 6.45) is 0. The maximum atomic E-state index is 12.4. The summed E-state index contributed by atoms with van der Waals surface area (Å²) in [7, 11) is -3.65. The number of benzene rings is 3. The van der Waals surface area contributed by atoms with Gasteiger partial charge in [0.05, 0.1) is 4.90 Å². The lowest BCUT2D eigenvalue weighted by Crippen LogP contribution is -2.19. The Morgan fingerprint density at radius 3 is 1.81 bits per heavy atom. The van der Waals surface area contributed by atoms with Gasteiger partial charge in [0.25, 0.3) is 10.0 Å². The van der Waals surface area contributed by atoms with Gasteiger partial charge in [-0.25, -0.2) is 8.42 Å². The first-order valence-electron chi connectivity index (χ1n) is 7.94. The Labute approximate surface area is 168 Å². The second-order valence-electron chi connectivity index (χ2n) is 5.58. The lowest BCUT2D eigenvalue weighted by molar-refractivity contribution is 0.601. The number of rotatable bonds is 5. The van der Waals surface area contributed by atoms with Crippen LogP contribution in [0.25, 0.3) is 0 Å².